The van der Waals surface area contributed by atoms with Gasteiger partial charge in [-0.05, 0) is 0 Å². The van der Waals surface area contributed by atoms with Gasteiger partial charge in [0, 0.05) is 21.3 Å². The number of aliphatic hydroxyl groups excluding tert-OH is 3. The first-order valence-corrected chi connectivity index (χ1v) is 13.3. The van der Waals surface area contributed by atoms with E-state index in [0.29, 0.717) is 0 Å². The van der Waals surface area contributed by atoms with E-state index < -0.39 is 0 Å². The highest BCUT2D eigenvalue weighted by Gasteiger charge is 1.97. The zero-order valence-corrected chi connectivity index (χ0v) is 21.3. The minimum Gasteiger partial charge on any atom is -0.400 e. The van der Waals surface area contributed by atoms with Crippen LogP contribution >= 0.6 is 0 Å². The maximum absolute atomic E-state index is 7.00. The second-order valence-corrected chi connectivity index (χ2v) is 8.49. The van der Waals surface area contributed by atoms with E-state index in [-0.39, 0.29) is 0 Å². The first-order chi connectivity index (χ1) is 15.0. The van der Waals surface area contributed by atoms with Gasteiger partial charge in [0.25, 0.3) is 0 Å². The molecule has 3 heteroatoms. The van der Waals surface area contributed by atoms with Crippen LogP contribution in [0, 0.1) is 0 Å². The Balaban J connectivity index is -0.00000111. The van der Waals surface area contributed by atoms with Crippen molar-refractivity contribution in [2.75, 3.05) is 21.3 Å². The van der Waals surface area contributed by atoms with Crippen molar-refractivity contribution in [1.82, 2.24) is 0 Å². The van der Waals surface area contributed by atoms with Crippen LogP contribution in [0.4, 0.5) is 0 Å². The van der Waals surface area contributed by atoms with Gasteiger partial charge in [0.2, 0.25) is 0 Å². The minimum atomic E-state index is 1.00. The second-order valence-electron chi connectivity index (χ2n) is 8.49. The van der Waals surface area contributed by atoms with Crippen molar-refractivity contribution in [1.29, 1.82) is 0 Å². The quantitative estimate of drug-likeness (QED) is 0.361. The SMILES string of the molecule is C1CCCCCCCCCCCCCCCCCCCCCCC1.CO.CO.CO. The Kier molecular flexibility index (Phi) is 45.3. The third-order valence-electron chi connectivity index (χ3n) is 6.00. The van der Waals surface area contributed by atoms with Crippen LogP contribution in [0.3, 0.4) is 0 Å². The molecule has 1 fully saturated rings. The fourth-order valence-electron chi connectivity index (χ4n) is 4.24. The monoisotopic (exact) mass is 432 g/mol. The van der Waals surface area contributed by atoms with E-state index in [4.69, 9.17) is 15.3 Å². The van der Waals surface area contributed by atoms with Crippen molar-refractivity contribution in [3.63, 3.8) is 0 Å². The van der Waals surface area contributed by atoms with Crippen molar-refractivity contribution in [2.45, 2.75) is 154 Å². The molecular weight excluding hydrogens is 372 g/mol. The molecule has 0 aromatic carbocycles. The first kappa shape index (κ1) is 34.5. The molecule has 1 aliphatic carbocycles. The minimum absolute atomic E-state index is 1.00. The van der Waals surface area contributed by atoms with Gasteiger partial charge >= 0.3 is 0 Å². The molecule has 0 radical (unpaired) electrons. The Morgan fingerprint density at radius 1 is 0.167 bits per heavy atom. The van der Waals surface area contributed by atoms with Gasteiger partial charge in [-0.25, -0.2) is 0 Å². The van der Waals surface area contributed by atoms with Crippen LogP contribution in [-0.4, -0.2) is 36.6 Å². The topological polar surface area (TPSA) is 60.7 Å². The van der Waals surface area contributed by atoms with Crippen LogP contribution in [0.25, 0.3) is 0 Å². The van der Waals surface area contributed by atoms with Gasteiger partial charge in [-0.3, -0.25) is 0 Å². The summed E-state index contributed by atoms with van der Waals surface area (Å²) in [6, 6.07) is 0. The maximum atomic E-state index is 7.00. The number of aliphatic hydroxyl groups is 3. The van der Waals surface area contributed by atoms with Gasteiger partial charge in [-0.2, -0.15) is 0 Å². The third-order valence-corrected chi connectivity index (χ3v) is 6.00. The lowest BCUT2D eigenvalue weighted by molar-refractivity contribution is 0.399. The summed E-state index contributed by atoms with van der Waals surface area (Å²) < 4.78 is 0. The molecule has 0 heterocycles. The number of hydrogen-bond donors (Lipinski definition) is 3. The Labute approximate surface area is 191 Å². The first-order valence-electron chi connectivity index (χ1n) is 13.3. The van der Waals surface area contributed by atoms with Crippen molar-refractivity contribution in [3.8, 4) is 0 Å². The lowest BCUT2D eigenvalue weighted by atomic mass is 10.0. The fourth-order valence-corrected chi connectivity index (χ4v) is 4.24. The largest absolute Gasteiger partial charge is 0.400 e. The molecule has 3 N–H and O–H groups in total. The normalized spacial score (nSPS) is 19.8. The number of hydrogen-bond acceptors (Lipinski definition) is 3. The van der Waals surface area contributed by atoms with Crippen molar-refractivity contribution >= 4 is 0 Å². The highest BCUT2D eigenvalue weighted by molar-refractivity contribution is 4.52. The van der Waals surface area contributed by atoms with Gasteiger partial charge in [-0.1, -0.05) is 154 Å². The molecule has 1 rings (SSSR count). The lowest BCUT2D eigenvalue weighted by Crippen LogP contribution is -1.85. The molecule has 30 heavy (non-hydrogen) atoms. The smallest absolute Gasteiger partial charge is 0.0319 e. The molecule has 0 aromatic rings. The summed E-state index contributed by atoms with van der Waals surface area (Å²) >= 11 is 0. The number of rotatable bonds is 0. The van der Waals surface area contributed by atoms with Crippen LogP contribution in [0.15, 0.2) is 0 Å². The molecule has 1 aliphatic rings. The summed E-state index contributed by atoms with van der Waals surface area (Å²) in [6.45, 7) is 0. The molecule has 0 unspecified atom stereocenters. The molecule has 0 aliphatic heterocycles. The summed E-state index contributed by atoms with van der Waals surface area (Å²) in [5, 5.41) is 21.0. The predicted octanol–water partition coefficient (Wildman–Crippen LogP) is 8.19. The van der Waals surface area contributed by atoms with E-state index >= 15 is 0 Å². The highest BCUT2D eigenvalue weighted by atomic mass is 16.2. The van der Waals surface area contributed by atoms with Gasteiger partial charge in [-0.15, -0.1) is 0 Å². The Hall–Kier alpha value is -0.120. The van der Waals surface area contributed by atoms with E-state index in [1.54, 1.807) is 0 Å². The summed E-state index contributed by atoms with van der Waals surface area (Å²) in [6.07, 6.45) is 36.0. The summed E-state index contributed by atoms with van der Waals surface area (Å²) in [4.78, 5) is 0. The Bertz CT molecular complexity index is 124. The predicted molar refractivity (Wildman–Crippen MR) is 135 cm³/mol. The van der Waals surface area contributed by atoms with Gasteiger partial charge in [0.1, 0.15) is 0 Å². The van der Waals surface area contributed by atoms with Crippen molar-refractivity contribution in [2.24, 2.45) is 0 Å². The molecule has 0 bridgehead atoms. The van der Waals surface area contributed by atoms with Gasteiger partial charge in [0.15, 0.2) is 0 Å². The van der Waals surface area contributed by atoms with E-state index in [9.17, 15) is 0 Å². The fraction of sp³-hybridized carbons (Fsp3) is 1.00. The van der Waals surface area contributed by atoms with Crippen LogP contribution in [0.5, 0.6) is 0 Å². The zero-order chi connectivity index (χ0) is 23.0. The standard InChI is InChI=1S/C24H48.3CH4O/c1-2-4-6-8-10-12-14-16-18-20-22-24-23-21-19-17-15-13-11-9-7-5-3-1;3*1-2/h1-24H2;3*2H,1H3. The summed E-state index contributed by atoms with van der Waals surface area (Å²) in [5.74, 6) is 0. The zero-order valence-electron chi connectivity index (χ0n) is 21.3. The third kappa shape index (κ3) is 35.3. The van der Waals surface area contributed by atoms with E-state index in [1.165, 1.54) is 154 Å². The van der Waals surface area contributed by atoms with Crippen molar-refractivity contribution in [3.05, 3.63) is 0 Å². The van der Waals surface area contributed by atoms with Crippen LogP contribution < -0.4 is 0 Å². The molecule has 186 valence electrons. The average Bonchev–Trinajstić information content (AvgIpc) is 2.81. The average molecular weight is 433 g/mol. The molecule has 0 atom stereocenters. The maximum Gasteiger partial charge on any atom is 0.0319 e. The van der Waals surface area contributed by atoms with E-state index in [1.807, 2.05) is 0 Å². The lowest BCUT2D eigenvalue weighted by Gasteiger charge is -2.05. The Morgan fingerprint density at radius 2 is 0.200 bits per heavy atom. The molecule has 0 spiro atoms. The van der Waals surface area contributed by atoms with Crippen LogP contribution in [0.2, 0.25) is 0 Å². The molecule has 3 nitrogen and oxygen atoms in total. The second kappa shape index (κ2) is 39.4. The van der Waals surface area contributed by atoms with Crippen molar-refractivity contribution < 1.29 is 15.3 Å². The van der Waals surface area contributed by atoms with E-state index in [0.717, 1.165) is 21.3 Å². The molecular formula is C27H60O3. The molecule has 0 aromatic heterocycles. The highest BCUT2D eigenvalue weighted by Crippen LogP contribution is 2.17. The van der Waals surface area contributed by atoms with E-state index in [2.05, 4.69) is 0 Å². The summed E-state index contributed by atoms with van der Waals surface area (Å²) in [7, 11) is 3.00. The van der Waals surface area contributed by atoms with Gasteiger partial charge < -0.3 is 15.3 Å². The van der Waals surface area contributed by atoms with Crippen LogP contribution in [0.1, 0.15) is 154 Å². The molecule has 1 saturated carbocycles. The summed E-state index contributed by atoms with van der Waals surface area (Å²) in [5.41, 5.74) is 0. The Morgan fingerprint density at radius 3 is 0.233 bits per heavy atom. The molecule has 0 amide bonds. The van der Waals surface area contributed by atoms with Gasteiger partial charge in [0.05, 0.1) is 0 Å². The molecule has 0 saturated heterocycles. The van der Waals surface area contributed by atoms with Crippen LogP contribution in [-0.2, 0) is 0 Å².